The second kappa shape index (κ2) is 29.7. The Bertz CT molecular complexity index is 1250. The molecule has 57 heavy (non-hydrogen) atoms. The average Bonchev–Trinajstić information content (AvgIpc) is 3.15. The lowest BCUT2D eigenvalue weighted by Gasteiger charge is -2.34. The summed E-state index contributed by atoms with van der Waals surface area (Å²) in [6, 6.07) is 0. The van der Waals surface area contributed by atoms with Crippen LogP contribution in [-0.4, -0.2) is 51.0 Å². The van der Waals surface area contributed by atoms with E-state index in [4.69, 9.17) is 14.5 Å². The number of carbonyl (C=O) groups excluding carboxylic acids is 3. The molecule has 0 spiro atoms. The second-order valence-corrected chi connectivity index (χ2v) is 18.5. The summed E-state index contributed by atoms with van der Waals surface area (Å²) in [7, 11) is 1.59. The number of carbonyl (C=O) groups is 3. The van der Waals surface area contributed by atoms with Gasteiger partial charge in [-0.25, -0.2) is 0 Å². The highest BCUT2D eigenvalue weighted by Gasteiger charge is 2.28. The summed E-state index contributed by atoms with van der Waals surface area (Å²) in [4.78, 5) is 48.6. The van der Waals surface area contributed by atoms with Crippen LogP contribution >= 0.6 is 0 Å². The molecule has 1 atom stereocenters. The Morgan fingerprint density at radius 3 is 1.79 bits per heavy atom. The van der Waals surface area contributed by atoms with Crippen LogP contribution in [0.2, 0.25) is 0 Å². The van der Waals surface area contributed by atoms with E-state index in [-0.39, 0.29) is 36.5 Å². The van der Waals surface area contributed by atoms with Crippen LogP contribution in [0.15, 0.2) is 34.6 Å². The van der Waals surface area contributed by atoms with Gasteiger partial charge in [0.05, 0.1) is 6.61 Å². The van der Waals surface area contributed by atoms with Gasteiger partial charge in [0.25, 0.3) is 0 Å². The Hall–Kier alpha value is -2.45. The Balaban J connectivity index is 1.62. The number of ketones is 1. The molecule has 0 saturated carbocycles. The summed E-state index contributed by atoms with van der Waals surface area (Å²) in [5, 5.41) is 6.00. The van der Waals surface area contributed by atoms with Crippen LogP contribution in [-0.2, 0) is 28.9 Å². The van der Waals surface area contributed by atoms with Crippen LogP contribution < -0.4 is 10.6 Å². The molecule has 0 radical (unpaired) electrons. The highest BCUT2D eigenvalue weighted by atomic mass is 17.2. The van der Waals surface area contributed by atoms with Crippen molar-refractivity contribution in [2.24, 2.45) is 16.7 Å². The van der Waals surface area contributed by atoms with E-state index in [0.717, 1.165) is 44.9 Å². The summed E-state index contributed by atoms with van der Waals surface area (Å²) in [5.74, 6) is -0.218. The van der Waals surface area contributed by atoms with Crippen LogP contribution in [0.5, 0.6) is 0 Å². The van der Waals surface area contributed by atoms with Crippen molar-refractivity contribution >= 4 is 17.6 Å². The van der Waals surface area contributed by atoms with Crippen LogP contribution in [0.25, 0.3) is 0 Å². The van der Waals surface area contributed by atoms with Gasteiger partial charge in [0, 0.05) is 45.4 Å². The predicted molar refractivity (Wildman–Crippen MR) is 236 cm³/mol. The molecule has 2 amide bonds. The molecule has 8 heteroatoms. The monoisotopic (exact) mass is 799 g/mol. The van der Waals surface area contributed by atoms with Crippen molar-refractivity contribution in [3.63, 3.8) is 0 Å². The van der Waals surface area contributed by atoms with Crippen LogP contribution in [0.3, 0.4) is 0 Å². The number of ether oxygens (including phenoxy) is 1. The lowest BCUT2D eigenvalue weighted by atomic mass is 9.71. The molecule has 2 rings (SSSR count). The Morgan fingerprint density at radius 1 is 0.684 bits per heavy atom. The molecule has 0 aliphatic heterocycles. The summed E-state index contributed by atoms with van der Waals surface area (Å²) in [6.07, 6.45) is 30.8. The van der Waals surface area contributed by atoms with Gasteiger partial charge in [0.2, 0.25) is 11.8 Å². The molecule has 8 nitrogen and oxygen atoms in total. The zero-order chi connectivity index (χ0) is 41.8. The summed E-state index contributed by atoms with van der Waals surface area (Å²) >= 11 is 0. The van der Waals surface area contributed by atoms with E-state index in [2.05, 4.69) is 52.2 Å². The molecule has 0 aromatic heterocycles. The predicted octanol–water partition coefficient (Wildman–Crippen LogP) is 12.4. The number of methoxy groups -OCH3 is 1. The van der Waals surface area contributed by atoms with Crippen molar-refractivity contribution in [2.45, 2.75) is 208 Å². The number of amides is 2. The highest BCUT2D eigenvalue weighted by Crippen LogP contribution is 2.43. The fourth-order valence-corrected chi connectivity index (χ4v) is 9.21. The maximum Gasteiger partial charge on any atom is 0.223 e. The van der Waals surface area contributed by atoms with Gasteiger partial charge < -0.3 is 20.3 Å². The smallest absolute Gasteiger partial charge is 0.223 e. The van der Waals surface area contributed by atoms with Gasteiger partial charge in [-0.3, -0.25) is 14.4 Å². The lowest BCUT2D eigenvalue weighted by Crippen LogP contribution is -2.32. The van der Waals surface area contributed by atoms with Gasteiger partial charge in [-0.05, 0) is 121 Å². The molecule has 0 saturated heterocycles. The van der Waals surface area contributed by atoms with E-state index < -0.39 is 0 Å². The van der Waals surface area contributed by atoms with E-state index in [1.54, 1.807) is 35.5 Å². The summed E-state index contributed by atoms with van der Waals surface area (Å²) < 4.78 is 4.91. The first-order valence-corrected chi connectivity index (χ1v) is 23.2. The molecule has 2 aliphatic carbocycles. The third-order valence-corrected chi connectivity index (χ3v) is 12.7. The molecule has 0 aromatic carbocycles. The number of hydrogen-bond acceptors (Lipinski definition) is 6. The first-order chi connectivity index (χ1) is 27.4. The van der Waals surface area contributed by atoms with Crippen molar-refractivity contribution < 1.29 is 28.9 Å². The number of hydrogen-bond donors (Lipinski definition) is 2. The zero-order valence-electron chi connectivity index (χ0n) is 37.9. The van der Waals surface area contributed by atoms with Gasteiger partial charge >= 0.3 is 0 Å². The normalized spacial score (nSPS) is 17.2. The molecule has 0 aromatic rings. The van der Waals surface area contributed by atoms with Crippen molar-refractivity contribution in [2.75, 3.05) is 33.4 Å². The standard InChI is InChI=1S/C49H86N2O6/c1-40-25-22-32-48(3,4)44(40)29-17-13-9-8-12-16-28-43(52)39-42(47(54)51-35-24-36-56-57-38-37-55-7)27-20-21-34-50-46(53)31-19-15-11-10-14-18-30-45-41(2)26-23-33-49(45,5)6/h24,36,42H,8-23,25-35,37-39H2,1-7H3,(H,50,53)(H,51,54)/b36-24-. The molecule has 2 aliphatic rings. The third kappa shape index (κ3) is 22.5. The number of Topliss-reactive ketones (excluding diaryl/α,β-unsaturated/α-hetero) is 1. The molecule has 0 bridgehead atoms. The maximum absolute atomic E-state index is 13.2. The minimum atomic E-state index is -0.378. The quantitative estimate of drug-likeness (QED) is 0.0225. The fourth-order valence-electron chi connectivity index (χ4n) is 9.21. The lowest BCUT2D eigenvalue weighted by molar-refractivity contribution is -0.254. The Morgan fingerprint density at radius 2 is 1.23 bits per heavy atom. The molecule has 0 fully saturated rings. The molecule has 328 valence electrons. The molecular formula is C49H86N2O6. The van der Waals surface area contributed by atoms with Gasteiger partial charge in [-0.2, -0.15) is 4.89 Å². The number of allylic oxidation sites excluding steroid dienone is 4. The van der Waals surface area contributed by atoms with Gasteiger partial charge in [-0.15, -0.1) is 0 Å². The van der Waals surface area contributed by atoms with Crippen LogP contribution in [0.4, 0.5) is 0 Å². The maximum atomic E-state index is 13.2. The average molecular weight is 799 g/mol. The topological polar surface area (TPSA) is 103 Å². The fraction of sp³-hybridized carbons (Fsp3) is 0.816. The minimum Gasteiger partial charge on any atom is -0.382 e. The van der Waals surface area contributed by atoms with E-state index >= 15 is 0 Å². The molecule has 0 heterocycles. The van der Waals surface area contributed by atoms with Crippen LogP contribution in [0, 0.1) is 16.7 Å². The van der Waals surface area contributed by atoms with Gasteiger partial charge in [0.1, 0.15) is 18.7 Å². The largest absolute Gasteiger partial charge is 0.382 e. The summed E-state index contributed by atoms with van der Waals surface area (Å²) in [6.45, 7) is 15.9. The van der Waals surface area contributed by atoms with Crippen molar-refractivity contribution in [3.8, 4) is 0 Å². The Labute approximate surface area is 349 Å². The second-order valence-electron chi connectivity index (χ2n) is 18.5. The van der Waals surface area contributed by atoms with Crippen molar-refractivity contribution in [3.05, 3.63) is 34.6 Å². The first-order valence-electron chi connectivity index (χ1n) is 23.2. The highest BCUT2D eigenvalue weighted by molar-refractivity contribution is 5.86. The van der Waals surface area contributed by atoms with E-state index in [0.29, 0.717) is 49.9 Å². The zero-order valence-corrected chi connectivity index (χ0v) is 37.9. The number of nitrogens with one attached hydrogen (secondary N) is 2. The van der Waals surface area contributed by atoms with Crippen molar-refractivity contribution in [1.82, 2.24) is 10.6 Å². The van der Waals surface area contributed by atoms with Gasteiger partial charge in [0.15, 0.2) is 0 Å². The first kappa shape index (κ1) is 50.7. The molecule has 1 unspecified atom stereocenters. The third-order valence-electron chi connectivity index (χ3n) is 12.7. The molecule has 2 N–H and O–H groups in total. The number of unbranched alkanes of at least 4 members (excludes halogenated alkanes) is 11. The van der Waals surface area contributed by atoms with Gasteiger partial charge in [-0.1, -0.05) is 108 Å². The van der Waals surface area contributed by atoms with Crippen molar-refractivity contribution in [1.29, 1.82) is 0 Å². The molecular weight excluding hydrogens is 713 g/mol. The van der Waals surface area contributed by atoms with Crippen LogP contribution in [0.1, 0.15) is 208 Å². The Kier molecular flexibility index (Phi) is 26.4. The van der Waals surface area contributed by atoms with E-state index in [9.17, 15) is 14.4 Å². The summed E-state index contributed by atoms with van der Waals surface area (Å²) in [5.41, 5.74) is 7.40. The van der Waals surface area contributed by atoms with E-state index in [1.807, 2.05) is 0 Å². The minimum absolute atomic E-state index is 0.113. The number of rotatable bonds is 33. The SMILES string of the molecule is COCCOO/C=C\CNC(=O)C(CCCCNC(=O)CCCCCCCCC1=C(C)CCCC1(C)C)CC(=O)CCCCCCCCC1=C(C)CCCC1(C)C. The van der Waals surface area contributed by atoms with E-state index in [1.165, 1.54) is 103 Å².